The Morgan fingerprint density at radius 1 is 0.679 bits per heavy atom. The van der Waals surface area contributed by atoms with Crippen LogP contribution in [0.5, 0.6) is 0 Å². The second-order valence-corrected chi connectivity index (χ2v) is 8.07. The molecule has 0 N–H and O–H groups in total. The Balaban J connectivity index is 1.32. The van der Waals surface area contributed by atoms with Gasteiger partial charge in [0.2, 0.25) is 0 Å². The molecule has 0 aliphatic carbocycles. The zero-order chi connectivity index (χ0) is 19.9. The summed E-state index contributed by atoms with van der Waals surface area (Å²) >= 11 is 0. The highest BCUT2D eigenvalue weighted by atomic mass is 16.7. The van der Waals surface area contributed by atoms with Gasteiger partial charge in [-0.05, 0) is 39.0 Å². The zero-order valence-electron chi connectivity index (χ0n) is 18.1. The molecule has 0 aromatic heterocycles. The van der Waals surface area contributed by atoms with Crippen LogP contribution in [-0.2, 0) is 28.4 Å². The first-order valence-electron chi connectivity index (χ1n) is 11.4. The van der Waals surface area contributed by atoms with Crippen molar-refractivity contribution in [1.29, 1.82) is 0 Å². The van der Waals surface area contributed by atoms with Crippen LogP contribution >= 0.6 is 0 Å². The standard InChI is InChI=1S/C22H42O6/c1-3-22(2,27-14-10-6-4-8-12-23-16-20-18-25-20)28-15-11-7-5-9-13-24-17-21-19-26-21/h20-21H,3-19H2,1-2H3. The molecule has 0 aromatic carbocycles. The van der Waals surface area contributed by atoms with Crippen LogP contribution in [0.3, 0.4) is 0 Å². The van der Waals surface area contributed by atoms with Gasteiger partial charge in [-0.3, -0.25) is 0 Å². The average Bonchev–Trinajstić information content (AvgIpc) is 3.60. The van der Waals surface area contributed by atoms with Gasteiger partial charge in [0.15, 0.2) is 5.79 Å². The van der Waals surface area contributed by atoms with Gasteiger partial charge in [0.25, 0.3) is 0 Å². The number of unbranched alkanes of at least 4 members (excludes halogenated alkanes) is 6. The van der Waals surface area contributed by atoms with Crippen molar-refractivity contribution in [2.75, 3.05) is 52.9 Å². The van der Waals surface area contributed by atoms with E-state index in [9.17, 15) is 0 Å². The van der Waals surface area contributed by atoms with E-state index in [1.54, 1.807) is 0 Å². The van der Waals surface area contributed by atoms with E-state index in [0.717, 1.165) is 85.0 Å². The van der Waals surface area contributed by atoms with Crippen molar-refractivity contribution >= 4 is 0 Å². The molecule has 0 bridgehead atoms. The Kier molecular flexibility index (Phi) is 12.6. The maximum absolute atomic E-state index is 6.03. The summed E-state index contributed by atoms with van der Waals surface area (Å²) in [5, 5.41) is 0. The van der Waals surface area contributed by atoms with E-state index in [4.69, 9.17) is 28.4 Å². The minimum Gasteiger partial charge on any atom is -0.379 e. The fraction of sp³-hybridized carbons (Fsp3) is 1.00. The number of ether oxygens (including phenoxy) is 6. The molecule has 28 heavy (non-hydrogen) atoms. The topological polar surface area (TPSA) is 62.0 Å². The lowest BCUT2D eigenvalue weighted by molar-refractivity contribution is -0.228. The molecule has 2 aliphatic heterocycles. The summed E-state index contributed by atoms with van der Waals surface area (Å²) in [6, 6.07) is 0. The molecule has 2 saturated heterocycles. The third-order valence-corrected chi connectivity index (χ3v) is 5.24. The van der Waals surface area contributed by atoms with Crippen molar-refractivity contribution in [3.63, 3.8) is 0 Å². The highest BCUT2D eigenvalue weighted by Gasteiger charge is 2.23. The summed E-state index contributed by atoms with van der Waals surface area (Å²) in [6.07, 6.45) is 10.8. The van der Waals surface area contributed by atoms with E-state index in [2.05, 4.69) is 13.8 Å². The molecule has 0 spiro atoms. The average molecular weight is 403 g/mol. The first-order chi connectivity index (χ1) is 13.7. The second kappa shape index (κ2) is 14.7. The Morgan fingerprint density at radius 3 is 1.43 bits per heavy atom. The lowest BCUT2D eigenvalue weighted by Crippen LogP contribution is -2.32. The van der Waals surface area contributed by atoms with Gasteiger partial charge in [-0.2, -0.15) is 0 Å². The van der Waals surface area contributed by atoms with Crippen molar-refractivity contribution in [1.82, 2.24) is 0 Å². The van der Waals surface area contributed by atoms with E-state index in [1.807, 2.05) is 0 Å². The minimum atomic E-state index is -0.444. The van der Waals surface area contributed by atoms with Gasteiger partial charge in [-0.25, -0.2) is 0 Å². The predicted octanol–water partition coefficient (Wildman–Crippen LogP) is 4.10. The quantitative estimate of drug-likeness (QED) is 0.164. The third kappa shape index (κ3) is 13.1. The molecule has 2 unspecified atom stereocenters. The van der Waals surface area contributed by atoms with Crippen LogP contribution in [0.25, 0.3) is 0 Å². The maximum Gasteiger partial charge on any atom is 0.165 e. The Bertz CT molecular complexity index is 340. The highest BCUT2D eigenvalue weighted by Crippen LogP contribution is 2.19. The number of rotatable bonds is 21. The normalized spacial score (nSPS) is 22.9. The smallest absolute Gasteiger partial charge is 0.165 e. The van der Waals surface area contributed by atoms with Crippen LogP contribution in [-0.4, -0.2) is 70.9 Å². The van der Waals surface area contributed by atoms with Crippen LogP contribution in [0.1, 0.15) is 71.6 Å². The van der Waals surface area contributed by atoms with E-state index >= 15 is 0 Å². The van der Waals surface area contributed by atoms with Crippen molar-refractivity contribution in [3.05, 3.63) is 0 Å². The molecule has 6 heteroatoms. The van der Waals surface area contributed by atoms with Gasteiger partial charge in [-0.15, -0.1) is 0 Å². The molecule has 2 fully saturated rings. The molecule has 166 valence electrons. The molecule has 2 heterocycles. The SMILES string of the molecule is CCC(C)(OCCCCCCOCC1CO1)OCCCCCCOCC1CO1. The first kappa shape index (κ1) is 24.0. The molecule has 2 rings (SSSR count). The molecule has 2 aliphatic rings. The summed E-state index contributed by atoms with van der Waals surface area (Å²) in [7, 11) is 0. The van der Waals surface area contributed by atoms with Crippen molar-refractivity contribution < 1.29 is 28.4 Å². The number of hydrogen-bond acceptors (Lipinski definition) is 6. The molecule has 2 atom stereocenters. The third-order valence-electron chi connectivity index (χ3n) is 5.24. The monoisotopic (exact) mass is 402 g/mol. The summed E-state index contributed by atoms with van der Waals surface area (Å²) in [6.45, 7) is 10.7. The van der Waals surface area contributed by atoms with Crippen molar-refractivity contribution in [2.45, 2.75) is 89.6 Å². The Hall–Kier alpha value is -0.240. The predicted molar refractivity (Wildman–Crippen MR) is 109 cm³/mol. The van der Waals surface area contributed by atoms with E-state index in [0.29, 0.717) is 12.2 Å². The van der Waals surface area contributed by atoms with Gasteiger partial charge in [0, 0.05) is 13.2 Å². The van der Waals surface area contributed by atoms with Gasteiger partial charge >= 0.3 is 0 Å². The van der Waals surface area contributed by atoms with Gasteiger partial charge in [0.05, 0.1) is 39.6 Å². The Labute approximate surface area is 171 Å². The van der Waals surface area contributed by atoms with E-state index < -0.39 is 5.79 Å². The molecule has 0 radical (unpaired) electrons. The lowest BCUT2D eigenvalue weighted by Gasteiger charge is -2.29. The molecular weight excluding hydrogens is 360 g/mol. The summed E-state index contributed by atoms with van der Waals surface area (Å²) in [5.41, 5.74) is 0. The van der Waals surface area contributed by atoms with Gasteiger partial charge in [0.1, 0.15) is 12.2 Å². The lowest BCUT2D eigenvalue weighted by atomic mass is 10.2. The van der Waals surface area contributed by atoms with Crippen LogP contribution in [0.2, 0.25) is 0 Å². The minimum absolute atomic E-state index is 0.377. The van der Waals surface area contributed by atoms with E-state index in [-0.39, 0.29) is 0 Å². The fourth-order valence-electron chi connectivity index (χ4n) is 2.90. The van der Waals surface area contributed by atoms with Gasteiger partial charge in [-0.1, -0.05) is 32.6 Å². The largest absolute Gasteiger partial charge is 0.379 e. The molecule has 0 amide bonds. The summed E-state index contributed by atoms with van der Waals surface area (Å²) in [5.74, 6) is -0.444. The van der Waals surface area contributed by atoms with Crippen LogP contribution in [0.4, 0.5) is 0 Å². The highest BCUT2D eigenvalue weighted by molar-refractivity contribution is 4.67. The van der Waals surface area contributed by atoms with Crippen LogP contribution < -0.4 is 0 Å². The number of hydrogen-bond donors (Lipinski definition) is 0. The van der Waals surface area contributed by atoms with Crippen molar-refractivity contribution in [3.8, 4) is 0 Å². The van der Waals surface area contributed by atoms with E-state index in [1.165, 1.54) is 25.7 Å². The molecule has 6 nitrogen and oxygen atoms in total. The molecular formula is C22H42O6. The first-order valence-corrected chi connectivity index (χ1v) is 11.4. The van der Waals surface area contributed by atoms with Crippen molar-refractivity contribution in [2.24, 2.45) is 0 Å². The Morgan fingerprint density at radius 2 is 1.07 bits per heavy atom. The maximum atomic E-state index is 6.03. The van der Waals surface area contributed by atoms with Crippen LogP contribution in [0, 0.1) is 0 Å². The molecule has 0 saturated carbocycles. The van der Waals surface area contributed by atoms with Crippen LogP contribution in [0.15, 0.2) is 0 Å². The summed E-state index contributed by atoms with van der Waals surface area (Å²) in [4.78, 5) is 0. The van der Waals surface area contributed by atoms with Gasteiger partial charge < -0.3 is 28.4 Å². The summed E-state index contributed by atoms with van der Waals surface area (Å²) < 4.78 is 33.4. The zero-order valence-corrected chi connectivity index (χ0v) is 18.1. The second-order valence-electron chi connectivity index (χ2n) is 8.07. The molecule has 0 aromatic rings. The fourth-order valence-corrected chi connectivity index (χ4v) is 2.90. The number of epoxide rings is 2.